The van der Waals surface area contributed by atoms with Gasteiger partial charge in [0.25, 0.3) is 0 Å². The van der Waals surface area contributed by atoms with Crippen molar-refractivity contribution >= 4 is 0 Å². The standard InChI is InChI=1S/C11H13F3O2.C2H4/c1-4-8-6(2)9(5-11(12,13)14)10(16-15)7(8)3;1-2/h4,9-10,15H,1-2,5H2,3H3;1-2H2. The molecule has 0 spiro atoms. The minimum Gasteiger partial charge on any atom is -0.251 e. The van der Waals surface area contributed by atoms with E-state index >= 15 is 0 Å². The predicted molar refractivity (Wildman–Crippen MR) is 65.0 cm³/mol. The van der Waals surface area contributed by atoms with Gasteiger partial charge in [-0.1, -0.05) is 19.2 Å². The second kappa shape index (κ2) is 6.56. The third-order valence-corrected chi connectivity index (χ3v) is 2.78. The van der Waals surface area contributed by atoms with Gasteiger partial charge in [-0.25, -0.2) is 4.89 Å². The number of allylic oxidation sites excluding steroid dienone is 2. The fourth-order valence-electron chi connectivity index (χ4n) is 2.01. The first-order chi connectivity index (χ1) is 8.31. The van der Waals surface area contributed by atoms with Crippen LogP contribution in [-0.4, -0.2) is 17.5 Å². The van der Waals surface area contributed by atoms with Crippen LogP contribution in [0.4, 0.5) is 13.2 Å². The van der Waals surface area contributed by atoms with Crippen molar-refractivity contribution in [3.63, 3.8) is 0 Å². The van der Waals surface area contributed by atoms with Crippen LogP contribution in [-0.2, 0) is 4.89 Å². The molecule has 0 amide bonds. The van der Waals surface area contributed by atoms with Crippen LogP contribution in [0, 0.1) is 5.92 Å². The number of halogens is 3. The lowest BCUT2D eigenvalue weighted by Gasteiger charge is -2.20. The molecule has 0 radical (unpaired) electrons. The summed E-state index contributed by atoms with van der Waals surface area (Å²) >= 11 is 0. The highest BCUT2D eigenvalue weighted by molar-refractivity contribution is 5.50. The SMILES string of the molecule is C=C.C=CC1=C(C)C(OO)C(CC(F)(F)F)C1=C. The van der Waals surface area contributed by atoms with E-state index in [-0.39, 0.29) is 0 Å². The Hall–Kier alpha value is -1.33. The van der Waals surface area contributed by atoms with E-state index in [1.54, 1.807) is 6.92 Å². The zero-order valence-electron chi connectivity index (χ0n) is 10.3. The molecule has 2 nitrogen and oxygen atoms in total. The number of hydrogen-bond donors (Lipinski definition) is 1. The van der Waals surface area contributed by atoms with Gasteiger partial charge in [-0.3, -0.25) is 5.26 Å². The molecule has 102 valence electrons. The molecule has 0 aromatic rings. The predicted octanol–water partition coefficient (Wildman–Crippen LogP) is 4.29. The normalized spacial score (nSPS) is 23.7. The molecule has 0 aliphatic heterocycles. The summed E-state index contributed by atoms with van der Waals surface area (Å²) in [6.07, 6.45) is -4.94. The lowest BCUT2D eigenvalue weighted by Crippen LogP contribution is -2.26. The molecule has 1 aliphatic carbocycles. The minimum absolute atomic E-state index is 0.309. The van der Waals surface area contributed by atoms with Crippen molar-refractivity contribution in [2.24, 2.45) is 5.92 Å². The Balaban J connectivity index is 0.00000137. The quantitative estimate of drug-likeness (QED) is 0.467. The molecule has 0 heterocycles. The number of rotatable bonds is 3. The summed E-state index contributed by atoms with van der Waals surface area (Å²) in [6.45, 7) is 14.7. The Labute approximate surface area is 105 Å². The molecule has 1 rings (SSSR count). The zero-order valence-corrected chi connectivity index (χ0v) is 10.3. The van der Waals surface area contributed by atoms with E-state index in [0.717, 1.165) is 0 Å². The Morgan fingerprint density at radius 3 is 2.22 bits per heavy atom. The van der Waals surface area contributed by atoms with E-state index in [2.05, 4.69) is 31.2 Å². The summed E-state index contributed by atoms with van der Waals surface area (Å²) in [4.78, 5) is 4.12. The van der Waals surface area contributed by atoms with Crippen LogP contribution < -0.4 is 0 Å². The van der Waals surface area contributed by atoms with Crippen molar-refractivity contribution in [3.8, 4) is 0 Å². The van der Waals surface area contributed by atoms with Crippen molar-refractivity contribution in [2.75, 3.05) is 0 Å². The maximum Gasteiger partial charge on any atom is 0.389 e. The summed E-state index contributed by atoms with van der Waals surface area (Å²) in [5.74, 6) is -0.974. The summed E-state index contributed by atoms with van der Waals surface area (Å²) in [6, 6.07) is 0. The molecule has 0 saturated heterocycles. The van der Waals surface area contributed by atoms with Crippen LogP contribution in [0.3, 0.4) is 0 Å². The van der Waals surface area contributed by atoms with Crippen LogP contribution in [0.2, 0.25) is 0 Å². The van der Waals surface area contributed by atoms with Gasteiger partial charge in [0.15, 0.2) is 0 Å². The van der Waals surface area contributed by atoms with E-state index in [1.807, 2.05) is 0 Å². The molecule has 0 bridgehead atoms. The highest BCUT2D eigenvalue weighted by Gasteiger charge is 2.43. The van der Waals surface area contributed by atoms with Crippen molar-refractivity contribution < 1.29 is 23.3 Å². The molecule has 0 saturated carbocycles. The second-order valence-electron chi connectivity index (χ2n) is 3.78. The van der Waals surface area contributed by atoms with Gasteiger partial charge in [-0.05, 0) is 23.6 Å². The first-order valence-electron chi connectivity index (χ1n) is 5.21. The molecular weight excluding hydrogens is 245 g/mol. The lowest BCUT2D eigenvalue weighted by atomic mass is 9.94. The van der Waals surface area contributed by atoms with Crippen molar-refractivity contribution in [1.29, 1.82) is 0 Å². The van der Waals surface area contributed by atoms with Crippen LogP contribution in [0.1, 0.15) is 13.3 Å². The first-order valence-corrected chi connectivity index (χ1v) is 5.21. The van der Waals surface area contributed by atoms with E-state index in [1.165, 1.54) is 6.08 Å². The molecule has 1 aliphatic rings. The van der Waals surface area contributed by atoms with Crippen molar-refractivity contribution in [3.05, 3.63) is 49.1 Å². The average molecular weight is 262 g/mol. The van der Waals surface area contributed by atoms with E-state index in [4.69, 9.17) is 5.26 Å². The van der Waals surface area contributed by atoms with Gasteiger partial charge in [0.2, 0.25) is 0 Å². The molecule has 2 atom stereocenters. The monoisotopic (exact) mass is 262 g/mol. The van der Waals surface area contributed by atoms with Crippen molar-refractivity contribution in [1.82, 2.24) is 0 Å². The van der Waals surface area contributed by atoms with Gasteiger partial charge >= 0.3 is 6.18 Å². The molecule has 0 aromatic heterocycles. The molecule has 2 unspecified atom stereocenters. The largest absolute Gasteiger partial charge is 0.389 e. The maximum absolute atomic E-state index is 12.3. The van der Waals surface area contributed by atoms with Gasteiger partial charge in [-0.2, -0.15) is 13.2 Å². The first kappa shape index (κ1) is 16.7. The van der Waals surface area contributed by atoms with E-state index in [9.17, 15) is 13.2 Å². The number of alkyl halides is 3. The van der Waals surface area contributed by atoms with Crippen molar-refractivity contribution in [2.45, 2.75) is 25.6 Å². The topological polar surface area (TPSA) is 29.5 Å². The second-order valence-corrected chi connectivity index (χ2v) is 3.78. The van der Waals surface area contributed by atoms with E-state index in [0.29, 0.717) is 16.7 Å². The van der Waals surface area contributed by atoms with Gasteiger partial charge in [-0.15, -0.1) is 13.2 Å². The molecule has 0 fully saturated rings. The van der Waals surface area contributed by atoms with E-state index < -0.39 is 24.6 Å². The Morgan fingerprint density at radius 1 is 1.39 bits per heavy atom. The minimum atomic E-state index is -4.32. The van der Waals surface area contributed by atoms with Crippen LogP contribution in [0.5, 0.6) is 0 Å². The van der Waals surface area contributed by atoms with Gasteiger partial charge in [0.05, 0.1) is 6.42 Å². The summed E-state index contributed by atoms with van der Waals surface area (Å²) < 4.78 is 37.0. The number of hydrogen-bond acceptors (Lipinski definition) is 2. The van der Waals surface area contributed by atoms with Gasteiger partial charge in [0.1, 0.15) is 6.10 Å². The van der Waals surface area contributed by atoms with Crippen LogP contribution >= 0.6 is 0 Å². The fourth-order valence-corrected chi connectivity index (χ4v) is 2.01. The lowest BCUT2D eigenvalue weighted by molar-refractivity contribution is -0.280. The summed E-state index contributed by atoms with van der Waals surface area (Å²) in [5.41, 5.74) is 1.37. The summed E-state index contributed by atoms with van der Waals surface area (Å²) in [7, 11) is 0. The fraction of sp³-hybridized carbons (Fsp3) is 0.385. The highest BCUT2D eigenvalue weighted by atomic mass is 19.4. The molecular formula is C13H17F3O2. The molecule has 5 heteroatoms. The average Bonchev–Trinajstić information content (AvgIpc) is 2.51. The van der Waals surface area contributed by atoms with Crippen LogP contribution in [0.15, 0.2) is 49.1 Å². The molecule has 1 N–H and O–H groups in total. The zero-order chi connectivity index (χ0) is 14.5. The Morgan fingerprint density at radius 2 is 1.89 bits per heavy atom. The van der Waals surface area contributed by atoms with Crippen LogP contribution in [0.25, 0.3) is 0 Å². The van der Waals surface area contributed by atoms with Gasteiger partial charge < -0.3 is 0 Å². The maximum atomic E-state index is 12.3. The summed E-state index contributed by atoms with van der Waals surface area (Å²) in [5, 5.41) is 8.66. The third kappa shape index (κ3) is 3.58. The molecule has 18 heavy (non-hydrogen) atoms. The smallest absolute Gasteiger partial charge is 0.251 e. The molecule has 0 aromatic carbocycles. The third-order valence-electron chi connectivity index (χ3n) is 2.78. The highest BCUT2D eigenvalue weighted by Crippen LogP contribution is 2.43. The Bertz CT molecular complexity index is 356. The Kier molecular flexibility index (Phi) is 6.08. The van der Waals surface area contributed by atoms with Gasteiger partial charge in [0, 0.05) is 5.92 Å².